The second-order valence-corrected chi connectivity index (χ2v) is 25.6. The molecule has 398 valence electrons. The highest BCUT2D eigenvalue weighted by molar-refractivity contribution is 7.26. The number of nitrogens with zero attached hydrogens (tertiary/aromatic N) is 6. The smallest absolute Gasteiger partial charge is 0.237 e. The normalized spacial score (nSPS) is 12.6. The molecule has 0 aliphatic heterocycles. The fourth-order valence-corrected chi connectivity index (χ4v) is 15.3. The van der Waals surface area contributed by atoms with E-state index in [1.165, 1.54) is 21.2 Å². The van der Waals surface area contributed by atoms with Crippen molar-refractivity contribution in [1.29, 1.82) is 5.26 Å². The van der Waals surface area contributed by atoms with E-state index in [-0.39, 0.29) is 10.8 Å². The van der Waals surface area contributed by atoms with E-state index in [0.29, 0.717) is 33.9 Å². The van der Waals surface area contributed by atoms with E-state index in [9.17, 15) is 11.8 Å². The second-order valence-electron chi connectivity index (χ2n) is 24.6. The molecule has 6 aromatic heterocycles. The fourth-order valence-electron chi connectivity index (χ4n) is 14.0. The number of nitriles is 1. The fraction of sp³-hybridized carbons (Fsp3) is 0.105. The van der Waals surface area contributed by atoms with Crippen LogP contribution in [0.3, 0.4) is 0 Å². The lowest BCUT2D eigenvalue weighted by molar-refractivity contribution is 0.591. The molecule has 0 saturated heterocycles. The van der Waals surface area contributed by atoms with Gasteiger partial charge in [0.05, 0.1) is 83.7 Å². The van der Waals surface area contributed by atoms with Crippen LogP contribution < -0.4 is 0 Å². The van der Waals surface area contributed by atoms with Crippen molar-refractivity contribution in [3.05, 3.63) is 234 Å². The van der Waals surface area contributed by atoms with E-state index in [1.807, 2.05) is 12.1 Å². The van der Waals surface area contributed by atoms with E-state index < -0.39 is 0 Å². The molecule has 0 radical (unpaired) electrons. The van der Waals surface area contributed by atoms with E-state index in [4.69, 9.17) is 9.26 Å². The van der Waals surface area contributed by atoms with Gasteiger partial charge in [-0.25, -0.2) is 4.85 Å². The zero-order chi connectivity index (χ0) is 56.7. The lowest BCUT2D eigenvalue weighted by Gasteiger charge is -2.27. The minimum atomic E-state index is -0.184. The van der Waals surface area contributed by atoms with E-state index in [1.54, 1.807) is 11.3 Å². The Kier molecular flexibility index (Phi) is 9.84. The zero-order valence-corrected chi connectivity index (χ0v) is 47.9. The van der Waals surface area contributed by atoms with Crippen LogP contribution in [-0.2, 0) is 10.8 Å². The Labute approximate surface area is 487 Å². The predicted molar refractivity (Wildman–Crippen MR) is 352 cm³/mol. The Hall–Kier alpha value is -10.4. The molecule has 6 heterocycles. The lowest BCUT2D eigenvalue weighted by Crippen LogP contribution is -2.15. The third-order valence-electron chi connectivity index (χ3n) is 17.9. The molecule has 0 aliphatic rings. The number of furan rings is 1. The van der Waals surface area contributed by atoms with Gasteiger partial charge in [-0.2, -0.15) is 5.26 Å². The number of hydrogen-bond donors (Lipinski definition) is 0. The first-order valence-corrected chi connectivity index (χ1v) is 29.5. The van der Waals surface area contributed by atoms with E-state index >= 15 is 0 Å². The number of aromatic nitrogens is 4. The molecule has 11 aromatic carbocycles. The first-order valence-electron chi connectivity index (χ1n) is 28.7. The quantitative estimate of drug-likeness (QED) is 0.165. The van der Waals surface area contributed by atoms with E-state index in [0.717, 1.165) is 119 Å². The molecule has 0 unspecified atom stereocenters. The monoisotopic (exact) mass is 1100 g/mol. The molecular weight excluding hydrogens is 1040 g/mol. The molecule has 17 rings (SSSR count). The summed E-state index contributed by atoms with van der Waals surface area (Å²) in [7, 11) is 0. The van der Waals surface area contributed by atoms with Crippen molar-refractivity contribution < 1.29 is 4.42 Å². The first-order chi connectivity index (χ1) is 40.9. The van der Waals surface area contributed by atoms with Crippen molar-refractivity contribution in [1.82, 2.24) is 18.3 Å². The van der Waals surface area contributed by atoms with Crippen molar-refractivity contribution in [2.24, 2.45) is 0 Å². The summed E-state index contributed by atoms with van der Waals surface area (Å²) in [5, 5.41) is 25.6. The summed E-state index contributed by atoms with van der Waals surface area (Å²) in [4.78, 5) is 4.93. The number of benzene rings is 11. The molecule has 0 aliphatic carbocycles. The summed E-state index contributed by atoms with van der Waals surface area (Å²) >= 11 is 1.80. The Morgan fingerprint density at radius 3 is 1.38 bits per heavy atom. The summed E-state index contributed by atoms with van der Waals surface area (Å²) < 4.78 is 18.8. The molecule has 7 nitrogen and oxygen atoms in total. The van der Waals surface area contributed by atoms with Crippen LogP contribution in [0.25, 0.3) is 157 Å². The largest absolute Gasteiger partial charge is 0.454 e. The molecule has 0 N–H and O–H groups in total. The van der Waals surface area contributed by atoms with Crippen molar-refractivity contribution >= 4 is 146 Å². The van der Waals surface area contributed by atoms with Crippen LogP contribution >= 0.6 is 11.3 Å². The van der Waals surface area contributed by atoms with Gasteiger partial charge in [0, 0.05) is 69.3 Å². The molecule has 0 bridgehead atoms. The average Bonchev–Trinajstić information content (AvgIpc) is 1.62. The van der Waals surface area contributed by atoms with Gasteiger partial charge in [0.25, 0.3) is 0 Å². The maximum atomic E-state index is 13.0. The molecule has 0 atom stereocenters. The molecule has 0 fully saturated rings. The van der Waals surface area contributed by atoms with Crippen LogP contribution in [0.1, 0.15) is 58.2 Å². The van der Waals surface area contributed by atoms with Crippen LogP contribution in [0, 0.1) is 17.9 Å². The third kappa shape index (κ3) is 6.43. The molecule has 17 aromatic rings. The molecule has 8 heteroatoms. The van der Waals surface area contributed by atoms with Gasteiger partial charge in [-0.3, -0.25) is 0 Å². The highest BCUT2D eigenvalue weighted by Gasteiger charge is 2.36. The summed E-state index contributed by atoms with van der Waals surface area (Å²) in [5.41, 5.74) is 14.1. The van der Waals surface area contributed by atoms with Crippen LogP contribution in [0.4, 0.5) is 5.69 Å². The van der Waals surface area contributed by atoms with Gasteiger partial charge in [-0.1, -0.05) is 181 Å². The Bertz CT molecular complexity index is 5600. The van der Waals surface area contributed by atoms with E-state index in [2.05, 4.69) is 260 Å². The number of rotatable bonds is 4. The summed E-state index contributed by atoms with van der Waals surface area (Å²) in [5.74, 6) is 0. The Balaban J connectivity index is 1.21. The lowest BCUT2D eigenvalue weighted by atomic mass is 9.86. The second kappa shape index (κ2) is 17.1. The Morgan fingerprint density at radius 2 is 0.845 bits per heavy atom. The predicted octanol–water partition coefficient (Wildman–Crippen LogP) is 21.4. The highest BCUT2D eigenvalue weighted by Crippen LogP contribution is 2.54. The van der Waals surface area contributed by atoms with Gasteiger partial charge in [-0.15, -0.1) is 11.3 Å². The van der Waals surface area contributed by atoms with Gasteiger partial charge in [0.2, 0.25) is 5.69 Å². The van der Waals surface area contributed by atoms with Crippen molar-refractivity contribution in [3.63, 3.8) is 0 Å². The van der Waals surface area contributed by atoms with Crippen molar-refractivity contribution in [2.75, 3.05) is 0 Å². The molecule has 0 saturated carbocycles. The van der Waals surface area contributed by atoms with Crippen LogP contribution in [-0.4, -0.2) is 18.3 Å². The maximum absolute atomic E-state index is 13.0. The van der Waals surface area contributed by atoms with Crippen LogP contribution in [0.2, 0.25) is 0 Å². The first kappa shape index (κ1) is 48.3. The van der Waals surface area contributed by atoms with Gasteiger partial charge in [0.1, 0.15) is 11.7 Å². The maximum Gasteiger partial charge on any atom is 0.237 e. The highest BCUT2D eigenvalue weighted by atomic mass is 32.1. The average molecular weight is 1100 g/mol. The van der Waals surface area contributed by atoms with Crippen LogP contribution in [0.15, 0.2) is 211 Å². The Morgan fingerprint density at radius 1 is 0.405 bits per heavy atom. The molecule has 0 amide bonds. The summed E-state index contributed by atoms with van der Waals surface area (Å²) in [6, 6.07) is 76.8. The standard InChI is InChI=1S/C76H52N6OS/c1-75(2,3)43-32-38-62-55(40-43)51-34-36-53-49-24-12-18-30-64(49)83-73(53)69(51)81(62)67-57(42-77)68(79-58-26-14-8-20-45(58)46-21-9-15-27-59(46)79)72(71(66(67)78-7)80-60-28-16-10-22-47(60)48-23-11-17-29-61(48)80)82-63-39-33-44(76(4,5)6)41-56(63)52-35-37-54-50-25-13-19-31-65(50)84-74(54)70(52)82/h8-41H,1-6H3. The minimum absolute atomic E-state index is 0.166. The molecular formula is C76H52N6OS. The number of para-hydroxylation sites is 5. The third-order valence-corrected chi connectivity index (χ3v) is 19.1. The topological polar surface area (TPSA) is 61.0 Å². The SMILES string of the molecule is [C-]#[N+]c1c(-n2c3ccccc3c3ccccc32)c(-n2c3ccc(C(C)(C)C)cc3c3ccc4c5ccccc5sc4c32)c(-n2c3ccccc3c3ccccc32)c(C#N)c1-n1c2ccc(C(C)(C)C)cc2c2ccc3c4ccccc4oc3c21. The van der Waals surface area contributed by atoms with Gasteiger partial charge in [0.15, 0.2) is 5.58 Å². The van der Waals surface area contributed by atoms with Crippen LogP contribution in [0.5, 0.6) is 0 Å². The zero-order valence-electron chi connectivity index (χ0n) is 47.1. The summed E-state index contributed by atoms with van der Waals surface area (Å²) in [6.45, 7) is 23.7. The minimum Gasteiger partial charge on any atom is -0.454 e. The van der Waals surface area contributed by atoms with Gasteiger partial charge >= 0.3 is 0 Å². The number of thiophene rings is 1. The molecule has 84 heavy (non-hydrogen) atoms. The summed E-state index contributed by atoms with van der Waals surface area (Å²) in [6.07, 6.45) is 0. The van der Waals surface area contributed by atoms with Crippen molar-refractivity contribution in [3.8, 4) is 28.8 Å². The number of hydrogen-bond acceptors (Lipinski definition) is 3. The van der Waals surface area contributed by atoms with Crippen molar-refractivity contribution in [2.45, 2.75) is 52.4 Å². The number of fused-ring (bicyclic) bond motifs is 20. The van der Waals surface area contributed by atoms with Gasteiger partial charge < -0.3 is 22.7 Å². The molecule has 0 spiro atoms. The van der Waals surface area contributed by atoms with Gasteiger partial charge in [-0.05, 0) is 88.7 Å².